The fraction of sp³-hybridized carbons (Fsp3) is 0.222. The standard InChI is InChI=1S/C18H17ClN2OS/c1-3-15-10-13(8-9-20-15)18-21-12(2)17(23-18)11-22-16-6-4-14(19)5-7-16/h4-10H,3,11H2,1-2H3. The Kier molecular flexibility index (Phi) is 4.94. The number of aryl methyl sites for hydroxylation is 2. The second-order valence-corrected chi connectivity index (χ2v) is 6.68. The minimum absolute atomic E-state index is 0.511. The van der Waals surface area contributed by atoms with Crippen LogP contribution in [0.25, 0.3) is 10.6 Å². The Morgan fingerprint density at radius 1 is 1.17 bits per heavy atom. The Balaban J connectivity index is 1.76. The summed E-state index contributed by atoms with van der Waals surface area (Å²) in [5.41, 5.74) is 3.20. The molecule has 3 nitrogen and oxygen atoms in total. The smallest absolute Gasteiger partial charge is 0.124 e. The summed E-state index contributed by atoms with van der Waals surface area (Å²) in [5.74, 6) is 0.806. The van der Waals surface area contributed by atoms with Crippen LogP contribution < -0.4 is 4.74 Å². The lowest BCUT2D eigenvalue weighted by Crippen LogP contribution is -1.94. The fourth-order valence-corrected chi connectivity index (χ4v) is 3.27. The van der Waals surface area contributed by atoms with Gasteiger partial charge in [0.25, 0.3) is 0 Å². The van der Waals surface area contributed by atoms with Crippen molar-refractivity contribution < 1.29 is 4.74 Å². The van der Waals surface area contributed by atoms with Gasteiger partial charge in [-0.15, -0.1) is 11.3 Å². The molecule has 2 heterocycles. The van der Waals surface area contributed by atoms with Gasteiger partial charge >= 0.3 is 0 Å². The van der Waals surface area contributed by atoms with Gasteiger partial charge in [0.2, 0.25) is 0 Å². The number of halogens is 1. The Bertz CT molecular complexity index is 799. The zero-order valence-electron chi connectivity index (χ0n) is 13.0. The molecular formula is C18H17ClN2OS. The summed E-state index contributed by atoms with van der Waals surface area (Å²) in [6.07, 6.45) is 2.76. The van der Waals surface area contributed by atoms with Crippen molar-refractivity contribution in [2.75, 3.05) is 0 Å². The van der Waals surface area contributed by atoms with Gasteiger partial charge in [-0.1, -0.05) is 18.5 Å². The molecule has 0 radical (unpaired) electrons. The molecule has 0 saturated heterocycles. The minimum atomic E-state index is 0.511. The molecule has 0 aliphatic heterocycles. The first kappa shape index (κ1) is 16.0. The number of rotatable bonds is 5. The van der Waals surface area contributed by atoms with Gasteiger partial charge in [-0.25, -0.2) is 4.98 Å². The van der Waals surface area contributed by atoms with E-state index in [1.54, 1.807) is 11.3 Å². The van der Waals surface area contributed by atoms with Crippen molar-refractivity contribution in [3.63, 3.8) is 0 Å². The van der Waals surface area contributed by atoms with Crippen LogP contribution in [0.3, 0.4) is 0 Å². The minimum Gasteiger partial charge on any atom is -0.488 e. The average Bonchev–Trinajstić information content (AvgIpc) is 2.95. The molecular weight excluding hydrogens is 328 g/mol. The summed E-state index contributed by atoms with van der Waals surface area (Å²) in [4.78, 5) is 10.1. The van der Waals surface area contributed by atoms with Crippen LogP contribution >= 0.6 is 22.9 Å². The van der Waals surface area contributed by atoms with Crippen molar-refractivity contribution >= 4 is 22.9 Å². The van der Waals surface area contributed by atoms with Gasteiger partial charge in [0.05, 0.1) is 10.6 Å². The number of hydrogen-bond donors (Lipinski definition) is 0. The normalized spacial score (nSPS) is 10.7. The predicted octanol–water partition coefficient (Wildman–Crippen LogP) is 5.31. The third kappa shape index (κ3) is 3.89. The van der Waals surface area contributed by atoms with Crippen LogP contribution in [0, 0.1) is 6.92 Å². The summed E-state index contributed by atoms with van der Waals surface area (Å²) < 4.78 is 5.82. The first-order valence-corrected chi connectivity index (χ1v) is 8.65. The van der Waals surface area contributed by atoms with E-state index in [9.17, 15) is 0 Å². The van der Waals surface area contributed by atoms with Gasteiger partial charge in [-0.2, -0.15) is 0 Å². The molecule has 0 N–H and O–H groups in total. The van der Waals surface area contributed by atoms with Gasteiger partial charge in [-0.05, 0) is 49.7 Å². The van der Waals surface area contributed by atoms with Gasteiger partial charge in [0.15, 0.2) is 0 Å². The van der Waals surface area contributed by atoms with Crippen LogP contribution in [0.15, 0.2) is 42.6 Å². The highest BCUT2D eigenvalue weighted by Crippen LogP contribution is 2.29. The van der Waals surface area contributed by atoms with E-state index in [0.29, 0.717) is 11.6 Å². The molecule has 0 saturated carbocycles. The number of benzene rings is 1. The van der Waals surface area contributed by atoms with E-state index >= 15 is 0 Å². The average molecular weight is 345 g/mol. The lowest BCUT2D eigenvalue weighted by Gasteiger charge is -2.04. The van der Waals surface area contributed by atoms with Gasteiger partial charge in [0.1, 0.15) is 17.4 Å². The maximum absolute atomic E-state index is 5.88. The molecule has 0 amide bonds. The Hall–Kier alpha value is -1.91. The van der Waals surface area contributed by atoms with E-state index in [1.165, 1.54) is 0 Å². The first-order chi connectivity index (χ1) is 11.2. The quantitative estimate of drug-likeness (QED) is 0.629. The molecule has 1 aromatic carbocycles. The van der Waals surface area contributed by atoms with Crippen LogP contribution in [-0.2, 0) is 13.0 Å². The molecule has 118 valence electrons. The Morgan fingerprint density at radius 2 is 1.96 bits per heavy atom. The SMILES string of the molecule is CCc1cc(-c2nc(C)c(COc3ccc(Cl)cc3)s2)ccn1. The van der Waals surface area contributed by atoms with E-state index < -0.39 is 0 Å². The number of pyridine rings is 1. The van der Waals surface area contributed by atoms with Crippen LogP contribution in [0.1, 0.15) is 23.2 Å². The summed E-state index contributed by atoms with van der Waals surface area (Å²) in [6, 6.07) is 11.5. The van der Waals surface area contributed by atoms with Crippen LogP contribution in [0.5, 0.6) is 5.75 Å². The van der Waals surface area contributed by atoms with E-state index in [2.05, 4.69) is 23.0 Å². The van der Waals surface area contributed by atoms with Crippen molar-refractivity contribution in [2.45, 2.75) is 26.9 Å². The summed E-state index contributed by atoms with van der Waals surface area (Å²) in [6.45, 7) is 4.63. The highest BCUT2D eigenvalue weighted by molar-refractivity contribution is 7.15. The summed E-state index contributed by atoms with van der Waals surface area (Å²) >= 11 is 7.55. The van der Waals surface area contributed by atoms with Gasteiger partial charge in [-0.3, -0.25) is 4.98 Å². The van der Waals surface area contributed by atoms with Crippen molar-refractivity contribution in [1.29, 1.82) is 0 Å². The molecule has 0 aliphatic rings. The van der Waals surface area contributed by atoms with Crippen molar-refractivity contribution in [1.82, 2.24) is 9.97 Å². The first-order valence-electron chi connectivity index (χ1n) is 7.45. The lowest BCUT2D eigenvalue weighted by molar-refractivity contribution is 0.309. The van der Waals surface area contributed by atoms with Crippen molar-refractivity contribution in [3.05, 3.63) is 63.9 Å². The lowest BCUT2D eigenvalue weighted by atomic mass is 10.2. The molecule has 5 heteroatoms. The maximum atomic E-state index is 5.88. The molecule has 3 aromatic rings. The molecule has 0 atom stereocenters. The highest BCUT2D eigenvalue weighted by Gasteiger charge is 2.11. The van der Waals surface area contributed by atoms with Crippen molar-refractivity contribution in [3.8, 4) is 16.3 Å². The summed E-state index contributed by atoms with van der Waals surface area (Å²) in [5, 5.41) is 1.72. The van der Waals surface area contributed by atoms with Gasteiger partial charge in [0, 0.05) is 22.5 Å². The highest BCUT2D eigenvalue weighted by atomic mass is 35.5. The Morgan fingerprint density at radius 3 is 2.70 bits per heavy atom. The fourth-order valence-electron chi connectivity index (χ4n) is 2.17. The van der Waals surface area contributed by atoms with E-state index in [1.807, 2.05) is 43.5 Å². The molecule has 23 heavy (non-hydrogen) atoms. The predicted molar refractivity (Wildman–Crippen MR) is 95.2 cm³/mol. The molecule has 0 bridgehead atoms. The second kappa shape index (κ2) is 7.11. The zero-order valence-corrected chi connectivity index (χ0v) is 14.6. The molecule has 0 fully saturated rings. The number of nitrogens with zero attached hydrogens (tertiary/aromatic N) is 2. The number of hydrogen-bond acceptors (Lipinski definition) is 4. The van der Waals surface area contributed by atoms with Crippen LogP contribution in [0.4, 0.5) is 0 Å². The third-order valence-corrected chi connectivity index (χ3v) is 4.93. The topological polar surface area (TPSA) is 35.0 Å². The van der Waals surface area contributed by atoms with Crippen LogP contribution in [-0.4, -0.2) is 9.97 Å². The molecule has 0 spiro atoms. The maximum Gasteiger partial charge on any atom is 0.124 e. The molecule has 0 unspecified atom stereocenters. The molecule has 3 rings (SSSR count). The number of thiazole rings is 1. The molecule has 2 aromatic heterocycles. The van der Waals surface area contributed by atoms with E-state index in [4.69, 9.17) is 16.3 Å². The van der Waals surface area contributed by atoms with E-state index in [-0.39, 0.29) is 0 Å². The summed E-state index contributed by atoms with van der Waals surface area (Å²) in [7, 11) is 0. The van der Waals surface area contributed by atoms with Crippen molar-refractivity contribution in [2.24, 2.45) is 0 Å². The second-order valence-electron chi connectivity index (χ2n) is 5.16. The van der Waals surface area contributed by atoms with Crippen LogP contribution in [0.2, 0.25) is 5.02 Å². The largest absolute Gasteiger partial charge is 0.488 e. The number of ether oxygens (including phenoxy) is 1. The van der Waals surface area contributed by atoms with E-state index in [0.717, 1.165) is 39.0 Å². The molecule has 0 aliphatic carbocycles. The Labute approximate surface area is 145 Å². The number of aromatic nitrogens is 2. The monoisotopic (exact) mass is 344 g/mol. The third-order valence-electron chi connectivity index (χ3n) is 3.50. The zero-order chi connectivity index (χ0) is 16.2. The van der Waals surface area contributed by atoms with Gasteiger partial charge < -0.3 is 4.74 Å².